The Hall–Kier alpha value is -2.94. The zero-order valence-electron chi connectivity index (χ0n) is 19.2. The predicted octanol–water partition coefficient (Wildman–Crippen LogP) is 7.39. The zero-order chi connectivity index (χ0) is 24.4. The van der Waals surface area contributed by atoms with Gasteiger partial charge in [-0.3, -0.25) is 0 Å². The van der Waals surface area contributed by atoms with Crippen LogP contribution in [0.2, 0.25) is 0 Å². The molecule has 2 atom stereocenters. The number of aliphatic hydroxyl groups is 2. The highest BCUT2D eigenvalue weighted by atomic mass is 32.1. The van der Waals surface area contributed by atoms with Gasteiger partial charge < -0.3 is 19.7 Å². The van der Waals surface area contributed by atoms with Gasteiger partial charge in [-0.1, -0.05) is 24.3 Å². The molecule has 0 aliphatic rings. The summed E-state index contributed by atoms with van der Waals surface area (Å²) in [6, 6.07) is 27.3. The maximum atomic E-state index is 10.8. The smallest absolute Gasteiger partial charge is 0.118 e. The van der Waals surface area contributed by atoms with Crippen molar-refractivity contribution in [1.29, 1.82) is 0 Å². The molecule has 0 saturated carbocycles. The van der Waals surface area contributed by atoms with Crippen LogP contribution in [-0.4, -0.2) is 24.4 Å². The average molecular weight is 521 g/mol. The summed E-state index contributed by atoms with van der Waals surface area (Å²) in [5.41, 5.74) is 1.68. The summed E-state index contributed by atoms with van der Waals surface area (Å²) in [4.78, 5) is 6.37. The Labute approximate surface area is 216 Å². The molecule has 5 rings (SSSR count). The second kappa shape index (κ2) is 10.4. The number of benzene rings is 2. The van der Waals surface area contributed by atoms with Gasteiger partial charge in [0.15, 0.2) is 0 Å². The maximum Gasteiger partial charge on any atom is 0.118 e. The lowest BCUT2D eigenvalue weighted by atomic mass is 10.1. The van der Waals surface area contributed by atoms with Gasteiger partial charge in [-0.25, -0.2) is 0 Å². The number of thiophene rings is 3. The van der Waals surface area contributed by atoms with E-state index in [-0.39, 0.29) is 0 Å². The van der Waals surface area contributed by atoms with Crippen LogP contribution in [0.15, 0.2) is 84.9 Å². The van der Waals surface area contributed by atoms with E-state index >= 15 is 0 Å². The number of ether oxygens (including phenoxy) is 2. The van der Waals surface area contributed by atoms with Crippen LogP contribution in [0.1, 0.15) is 33.1 Å². The van der Waals surface area contributed by atoms with Crippen molar-refractivity contribution in [2.75, 3.05) is 14.2 Å². The number of aliphatic hydroxyl groups excluding tert-OH is 2. The summed E-state index contributed by atoms with van der Waals surface area (Å²) >= 11 is 4.92. The topological polar surface area (TPSA) is 58.9 Å². The highest BCUT2D eigenvalue weighted by Crippen LogP contribution is 2.42. The van der Waals surface area contributed by atoms with E-state index < -0.39 is 12.2 Å². The minimum absolute atomic E-state index is 0.668. The molecule has 0 spiro atoms. The molecule has 0 aliphatic heterocycles. The Morgan fingerprint density at radius 3 is 1.20 bits per heavy atom. The van der Waals surface area contributed by atoms with E-state index in [9.17, 15) is 10.2 Å². The van der Waals surface area contributed by atoms with Crippen molar-refractivity contribution in [2.24, 2.45) is 0 Å². The van der Waals surface area contributed by atoms with Crippen LogP contribution in [0, 0.1) is 0 Å². The number of methoxy groups -OCH3 is 2. The quantitative estimate of drug-likeness (QED) is 0.224. The van der Waals surface area contributed by atoms with Gasteiger partial charge in [-0.2, -0.15) is 0 Å². The lowest BCUT2D eigenvalue weighted by Crippen LogP contribution is -1.96. The molecule has 5 aromatic rings. The minimum atomic E-state index is -0.668. The summed E-state index contributed by atoms with van der Waals surface area (Å²) in [6.45, 7) is 0. The van der Waals surface area contributed by atoms with E-state index in [1.807, 2.05) is 60.7 Å². The number of hydrogen-bond acceptors (Lipinski definition) is 7. The van der Waals surface area contributed by atoms with Crippen molar-refractivity contribution >= 4 is 34.0 Å². The molecule has 3 heterocycles. The molecule has 178 valence electrons. The molecule has 4 nitrogen and oxygen atoms in total. The summed E-state index contributed by atoms with van der Waals surface area (Å²) < 4.78 is 10.4. The van der Waals surface area contributed by atoms with Crippen LogP contribution >= 0.6 is 34.0 Å². The first-order valence-corrected chi connectivity index (χ1v) is 13.4. The summed E-state index contributed by atoms with van der Waals surface area (Å²) in [6.07, 6.45) is -1.34. The molecule has 2 unspecified atom stereocenters. The SMILES string of the molecule is COc1ccc(C(O)c2ccc(-c3ccc(-c4ccc(C(O)c5ccc(OC)cc5)s4)s3)s2)cc1. The summed E-state index contributed by atoms with van der Waals surface area (Å²) in [7, 11) is 3.26. The lowest BCUT2D eigenvalue weighted by molar-refractivity contribution is 0.224. The molecule has 0 radical (unpaired) electrons. The molecule has 0 saturated heterocycles. The van der Waals surface area contributed by atoms with Crippen molar-refractivity contribution < 1.29 is 19.7 Å². The van der Waals surface area contributed by atoms with Crippen molar-refractivity contribution in [3.05, 3.63) is 106 Å². The number of hydrogen-bond donors (Lipinski definition) is 2. The van der Waals surface area contributed by atoms with Crippen LogP contribution in [0.25, 0.3) is 19.5 Å². The van der Waals surface area contributed by atoms with Gasteiger partial charge in [0.25, 0.3) is 0 Å². The fourth-order valence-electron chi connectivity index (χ4n) is 3.77. The van der Waals surface area contributed by atoms with Gasteiger partial charge in [0.2, 0.25) is 0 Å². The Kier molecular flexibility index (Phi) is 7.04. The molecular formula is C28H24O4S3. The van der Waals surface area contributed by atoms with E-state index in [0.29, 0.717) is 0 Å². The van der Waals surface area contributed by atoms with Gasteiger partial charge >= 0.3 is 0 Å². The molecular weight excluding hydrogens is 497 g/mol. The first kappa shape index (κ1) is 23.8. The Morgan fingerprint density at radius 1 is 0.486 bits per heavy atom. The van der Waals surface area contributed by atoms with Crippen LogP contribution in [0.4, 0.5) is 0 Å². The lowest BCUT2D eigenvalue weighted by Gasteiger charge is -2.09. The highest BCUT2D eigenvalue weighted by molar-refractivity contribution is 7.26. The molecule has 7 heteroatoms. The van der Waals surface area contributed by atoms with Gasteiger partial charge in [-0.15, -0.1) is 34.0 Å². The van der Waals surface area contributed by atoms with Crippen molar-refractivity contribution in [2.45, 2.75) is 12.2 Å². The van der Waals surface area contributed by atoms with Gasteiger partial charge in [0.1, 0.15) is 23.7 Å². The molecule has 35 heavy (non-hydrogen) atoms. The van der Waals surface area contributed by atoms with Crippen molar-refractivity contribution in [3.63, 3.8) is 0 Å². The standard InChI is InChI=1S/C28H24O4S3/c1-31-19-7-3-17(4-8-19)27(29)25-15-13-23(34-25)21-11-12-22(33-21)24-14-16-26(35-24)28(30)18-5-9-20(32-2)10-6-18/h3-16,27-30H,1-2H3. The molecule has 0 fully saturated rings. The summed E-state index contributed by atoms with van der Waals surface area (Å²) in [5, 5.41) is 21.6. The van der Waals surface area contributed by atoms with Gasteiger partial charge in [0.05, 0.1) is 14.2 Å². The van der Waals surface area contributed by atoms with E-state index in [1.165, 1.54) is 0 Å². The van der Waals surface area contributed by atoms with Crippen molar-refractivity contribution in [1.82, 2.24) is 0 Å². The third-order valence-corrected chi connectivity index (χ3v) is 9.50. The normalized spacial score (nSPS) is 12.9. The zero-order valence-corrected chi connectivity index (χ0v) is 21.6. The Bertz CT molecular complexity index is 1290. The minimum Gasteiger partial charge on any atom is -0.497 e. The fraction of sp³-hybridized carbons (Fsp3) is 0.143. The fourth-order valence-corrected chi connectivity index (χ4v) is 7.00. The second-order valence-corrected chi connectivity index (χ2v) is 11.2. The monoisotopic (exact) mass is 520 g/mol. The first-order chi connectivity index (χ1) is 17.1. The average Bonchev–Trinajstić information content (AvgIpc) is 3.68. The number of rotatable bonds is 8. The molecule has 0 aliphatic carbocycles. The predicted molar refractivity (Wildman–Crippen MR) is 145 cm³/mol. The van der Waals surface area contributed by atoms with Crippen LogP contribution in [-0.2, 0) is 0 Å². The largest absolute Gasteiger partial charge is 0.497 e. The van der Waals surface area contributed by atoms with Gasteiger partial charge in [-0.05, 0) is 71.8 Å². The van der Waals surface area contributed by atoms with Gasteiger partial charge in [0, 0.05) is 29.3 Å². The van der Waals surface area contributed by atoms with Crippen molar-refractivity contribution in [3.8, 4) is 31.0 Å². The third kappa shape index (κ3) is 5.05. The Morgan fingerprint density at radius 2 is 0.829 bits per heavy atom. The third-order valence-electron chi connectivity index (χ3n) is 5.75. The molecule has 2 aromatic carbocycles. The molecule has 0 bridgehead atoms. The second-order valence-electron chi connectivity index (χ2n) is 7.92. The van der Waals surface area contributed by atoms with Crippen LogP contribution in [0.5, 0.6) is 11.5 Å². The first-order valence-electron chi connectivity index (χ1n) is 11.0. The highest BCUT2D eigenvalue weighted by Gasteiger charge is 2.17. The van der Waals surface area contributed by atoms with E-state index in [4.69, 9.17) is 9.47 Å². The van der Waals surface area contributed by atoms with Crippen LogP contribution < -0.4 is 9.47 Å². The van der Waals surface area contributed by atoms with E-state index in [2.05, 4.69) is 24.3 Å². The maximum absolute atomic E-state index is 10.8. The van der Waals surface area contributed by atoms with Crippen LogP contribution in [0.3, 0.4) is 0 Å². The molecule has 0 amide bonds. The van der Waals surface area contributed by atoms with E-state index in [0.717, 1.165) is 51.9 Å². The molecule has 2 N–H and O–H groups in total. The Balaban J connectivity index is 1.31. The summed E-state index contributed by atoms with van der Waals surface area (Å²) in [5.74, 6) is 1.54. The van der Waals surface area contributed by atoms with E-state index in [1.54, 1.807) is 48.2 Å². The molecule has 3 aromatic heterocycles.